The third-order valence-electron chi connectivity index (χ3n) is 3.22. The molecule has 1 aromatic carbocycles. The molecule has 0 radical (unpaired) electrons. The Labute approximate surface area is 133 Å². The van der Waals surface area contributed by atoms with Crippen LogP contribution in [0.1, 0.15) is 10.4 Å². The Balaban J connectivity index is 2.24. The highest BCUT2D eigenvalue weighted by Gasteiger charge is 2.31. The van der Waals surface area contributed by atoms with Crippen molar-refractivity contribution in [3.05, 3.63) is 47.3 Å². The van der Waals surface area contributed by atoms with Crippen LogP contribution in [0.5, 0.6) is 0 Å². The molecule has 2 rings (SSSR count). The van der Waals surface area contributed by atoms with E-state index in [0.29, 0.717) is 5.56 Å². The number of benzene rings is 1. The van der Waals surface area contributed by atoms with Gasteiger partial charge in [0.1, 0.15) is 6.10 Å². The summed E-state index contributed by atoms with van der Waals surface area (Å²) in [6.07, 6.45) is -1.81. The zero-order valence-electron chi connectivity index (χ0n) is 12.3. The summed E-state index contributed by atoms with van der Waals surface area (Å²) in [6, 6.07) is 11.1. The highest BCUT2D eigenvalue weighted by atomic mass is 32.1. The molecule has 2 aromatic rings. The number of carbonyl (C=O) groups excluding carboxylic acids is 1. The van der Waals surface area contributed by atoms with Gasteiger partial charge < -0.3 is 14.2 Å². The molecule has 1 aromatic heterocycles. The van der Waals surface area contributed by atoms with Gasteiger partial charge >= 0.3 is 7.60 Å². The highest BCUT2D eigenvalue weighted by molar-refractivity contribution is 7.53. The van der Waals surface area contributed by atoms with Gasteiger partial charge in [-0.2, -0.15) is 0 Å². The molecule has 0 amide bonds. The first kappa shape index (κ1) is 17.1. The summed E-state index contributed by atoms with van der Waals surface area (Å²) in [7, 11) is -1.00. The van der Waals surface area contributed by atoms with Crippen molar-refractivity contribution in [1.29, 1.82) is 0 Å². The molecular weight excluding hydrogens is 323 g/mol. The number of Topliss-reactive ketones (excluding diaryl/α,β-unsaturated/α-hetero) is 1. The van der Waals surface area contributed by atoms with E-state index < -0.39 is 19.5 Å². The molecule has 22 heavy (non-hydrogen) atoms. The smallest absolute Gasteiger partial charge is 0.333 e. The van der Waals surface area contributed by atoms with E-state index in [1.54, 1.807) is 11.4 Å². The van der Waals surface area contributed by atoms with Crippen LogP contribution in [0.15, 0.2) is 41.8 Å². The Hall–Kier alpha value is -1.30. The minimum absolute atomic E-state index is 0.372. The first-order valence-electron chi connectivity index (χ1n) is 6.56. The second kappa shape index (κ2) is 7.31. The van der Waals surface area contributed by atoms with E-state index in [0.717, 1.165) is 10.4 Å². The van der Waals surface area contributed by atoms with E-state index in [1.165, 1.54) is 25.6 Å². The summed E-state index contributed by atoms with van der Waals surface area (Å²) in [5.74, 6) is -0.491. The van der Waals surface area contributed by atoms with Crippen LogP contribution in [0.2, 0.25) is 0 Å². The maximum absolute atomic E-state index is 12.4. The molecule has 1 unspecified atom stereocenters. The van der Waals surface area contributed by atoms with Crippen molar-refractivity contribution < 1.29 is 23.5 Å². The van der Waals surface area contributed by atoms with Crippen LogP contribution in [-0.2, 0) is 13.6 Å². The monoisotopic (exact) mass is 340 g/mol. The van der Waals surface area contributed by atoms with Gasteiger partial charge in [0.25, 0.3) is 0 Å². The van der Waals surface area contributed by atoms with Crippen molar-refractivity contribution in [3.8, 4) is 10.4 Å². The van der Waals surface area contributed by atoms with Crippen molar-refractivity contribution in [2.45, 2.75) is 6.10 Å². The van der Waals surface area contributed by atoms with E-state index in [-0.39, 0.29) is 6.16 Å². The average molecular weight is 340 g/mol. The van der Waals surface area contributed by atoms with Gasteiger partial charge in [-0.25, -0.2) is 0 Å². The van der Waals surface area contributed by atoms with Gasteiger partial charge in [-0.1, -0.05) is 30.3 Å². The Morgan fingerprint density at radius 2 is 1.86 bits per heavy atom. The van der Waals surface area contributed by atoms with Crippen LogP contribution in [0.25, 0.3) is 10.4 Å². The van der Waals surface area contributed by atoms with E-state index in [4.69, 9.17) is 9.05 Å². The molecule has 0 bridgehead atoms. The number of rotatable bonds is 7. The molecule has 0 saturated heterocycles. The Morgan fingerprint density at radius 3 is 2.45 bits per heavy atom. The molecule has 0 spiro atoms. The van der Waals surface area contributed by atoms with Gasteiger partial charge in [0.15, 0.2) is 5.78 Å². The Bertz CT molecular complexity index is 674. The van der Waals surface area contributed by atoms with Crippen LogP contribution < -0.4 is 0 Å². The third kappa shape index (κ3) is 3.72. The summed E-state index contributed by atoms with van der Waals surface area (Å²) in [5.41, 5.74) is 1.30. The topological polar surface area (TPSA) is 72.8 Å². The first-order chi connectivity index (χ1) is 10.5. The molecule has 0 aliphatic rings. The standard InChI is InChI=1S/C15H17O5PS/c1-19-21(18,20-2)10-13(16)14(17)12-8-9-22-15(12)11-6-4-3-5-7-11/h3-9,13,16H,10H2,1-2H3. The fourth-order valence-electron chi connectivity index (χ4n) is 2.01. The zero-order chi connectivity index (χ0) is 16.2. The van der Waals surface area contributed by atoms with Crippen LogP contribution in [0, 0.1) is 0 Å². The molecule has 5 nitrogen and oxygen atoms in total. The van der Waals surface area contributed by atoms with Crippen molar-refractivity contribution in [2.24, 2.45) is 0 Å². The molecule has 0 saturated carbocycles. The van der Waals surface area contributed by atoms with Gasteiger partial charge in [0, 0.05) is 24.7 Å². The minimum Gasteiger partial charge on any atom is -0.384 e. The molecule has 7 heteroatoms. The van der Waals surface area contributed by atoms with Crippen LogP contribution in [-0.4, -0.2) is 37.4 Å². The van der Waals surface area contributed by atoms with Crippen molar-refractivity contribution in [2.75, 3.05) is 20.4 Å². The normalized spacial score (nSPS) is 13.0. The second-order valence-corrected chi connectivity index (χ2v) is 7.80. The van der Waals surface area contributed by atoms with Gasteiger partial charge in [-0.3, -0.25) is 9.36 Å². The Kier molecular flexibility index (Phi) is 5.67. The molecule has 0 fully saturated rings. The fourth-order valence-corrected chi connectivity index (χ4v) is 3.96. The van der Waals surface area contributed by atoms with Crippen molar-refractivity contribution in [3.63, 3.8) is 0 Å². The zero-order valence-corrected chi connectivity index (χ0v) is 14.0. The van der Waals surface area contributed by atoms with E-state index >= 15 is 0 Å². The fraction of sp³-hybridized carbons (Fsp3) is 0.267. The number of aliphatic hydroxyl groups is 1. The SMILES string of the molecule is COP(=O)(CC(O)C(=O)c1ccsc1-c1ccccc1)OC. The predicted octanol–water partition coefficient (Wildman–Crippen LogP) is 3.44. The number of carbonyl (C=O) groups is 1. The van der Waals surface area contributed by atoms with Crippen LogP contribution >= 0.6 is 18.9 Å². The molecule has 1 atom stereocenters. The molecule has 0 aliphatic heterocycles. The predicted molar refractivity (Wildman–Crippen MR) is 86.6 cm³/mol. The molecule has 1 heterocycles. The highest BCUT2D eigenvalue weighted by Crippen LogP contribution is 2.47. The number of ketones is 1. The number of thiophene rings is 1. The lowest BCUT2D eigenvalue weighted by atomic mass is 10.0. The van der Waals surface area contributed by atoms with Crippen molar-refractivity contribution in [1.82, 2.24) is 0 Å². The number of aliphatic hydroxyl groups excluding tert-OH is 1. The summed E-state index contributed by atoms with van der Waals surface area (Å²) in [5, 5.41) is 11.9. The molecular formula is C15H17O5PS. The second-order valence-electron chi connectivity index (χ2n) is 4.57. The Morgan fingerprint density at radius 1 is 1.23 bits per heavy atom. The first-order valence-corrected chi connectivity index (χ1v) is 9.17. The largest absolute Gasteiger partial charge is 0.384 e. The van der Waals surface area contributed by atoms with Crippen LogP contribution in [0.4, 0.5) is 0 Å². The van der Waals surface area contributed by atoms with E-state index in [1.807, 2.05) is 30.3 Å². The van der Waals surface area contributed by atoms with Gasteiger partial charge in [-0.15, -0.1) is 11.3 Å². The average Bonchev–Trinajstić information content (AvgIpc) is 3.04. The molecule has 1 N–H and O–H groups in total. The van der Waals surface area contributed by atoms with Gasteiger partial charge in [0.05, 0.1) is 6.16 Å². The summed E-state index contributed by atoms with van der Waals surface area (Å²) < 4.78 is 21.6. The third-order valence-corrected chi connectivity index (χ3v) is 6.09. The summed E-state index contributed by atoms with van der Waals surface area (Å²) in [6.45, 7) is 0. The lowest BCUT2D eigenvalue weighted by Gasteiger charge is -2.17. The number of hydrogen-bond acceptors (Lipinski definition) is 6. The lowest BCUT2D eigenvalue weighted by molar-refractivity contribution is 0.0772. The maximum Gasteiger partial charge on any atom is 0.333 e. The summed E-state index contributed by atoms with van der Waals surface area (Å²) >= 11 is 1.41. The van der Waals surface area contributed by atoms with Crippen LogP contribution in [0.3, 0.4) is 0 Å². The van der Waals surface area contributed by atoms with Gasteiger partial charge in [0.2, 0.25) is 0 Å². The quantitative estimate of drug-likeness (QED) is 0.617. The molecule has 0 aliphatic carbocycles. The summed E-state index contributed by atoms with van der Waals surface area (Å²) in [4.78, 5) is 13.2. The minimum atomic E-state index is -3.45. The maximum atomic E-state index is 12.4. The van der Waals surface area contributed by atoms with Crippen molar-refractivity contribution >= 4 is 24.7 Å². The lowest BCUT2D eigenvalue weighted by Crippen LogP contribution is -2.25. The van der Waals surface area contributed by atoms with E-state index in [2.05, 4.69) is 0 Å². The number of hydrogen-bond donors (Lipinski definition) is 1. The molecule has 118 valence electrons. The van der Waals surface area contributed by atoms with E-state index in [9.17, 15) is 14.5 Å². The van der Waals surface area contributed by atoms with Gasteiger partial charge in [-0.05, 0) is 17.0 Å².